The van der Waals surface area contributed by atoms with Crippen molar-refractivity contribution >= 4 is 5.84 Å². The maximum absolute atomic E-state index is 9.09. The number of rotatable bonds is 4. The molecule has 0 atom stereocenters. The Kier molecular flexibility index (Phi) is 4.15. The van der Waals surface area contributed by atoms with E-state index < -0.39 is 0 Å². The molecule has 2 rings (SSSR count). The molecule has 0 aliphatic rings. The number of amidine groups is 1. The van der Waals surface area contributed by atoms with Gasteiger partial charge in [-0.2, -0.15) is 9.78 Å². The number of nitrogens with two attached hydrogens (primary N) is 1. The highest BCUT2D eigenvalue weighted by Gasteiger charge is 2.21. The van der Waals surface area contributed by atoms with Crippen LogP contribution in [0.3, 0.4) is 0 Å². The summed E-state index contributed by atoms with van der Waals surface area (Å²) in [7, 11) is 0. The normalized spacial score (nSPS) is 11.9. The van der Waals surface area contributed by atoms with Crippen LogP contribution < -0.4 is 5.73 Å². The zero-order chi connectivity index (χ0) is 15.6. The molecular formula is C13H19N7O. The summed E-state index contributed by atoms with van der Waals surface area (Å²) in [5.74, 6) is 1.72. The van der Waals surface area contributed by atoms with Crippen LogP contribution in [0.1, 0.15) is 42.3 Å². The molecule has 3 N–H and O–H groups in total. The molecule has 0 spiro atoms. The molecule has 0 saturated heterocycles. The van der Waals surface area contributed by atoms with Gasteiger partial charge in [-0.1, -0.05) is 19.0 Å². The fraction of sp³-hybridized carbons (Fsp3) is 0.462. The van der Waals surface area contributed by atoms with E-state index in [1.165, 1.54) is 0 Å². The minimum atomic E-state index is -0.000923. The molecule has 0 amide bonds. The largest absolute Gasteiger partial charge is 0.409 e. The number of oxime groups is 1. The Bertz CT molecular complexity index is 690. The second kappa shape index (κ2) is 5.86. The molecule has 2 aromatic heterocycles. The predicted molar refractivity (Wildman–Crippen MR) is 77.7 cm³/mol. The van der Waals surface area contributed by atoms with Gasteiger partial charge in [-0.25, -0.2) is 4.98 Å². The summed E-state index contributed by atoms with van der Waals surface area (Å²) in [6.07, 6.45) is 1.42. The highest BCUT2D eigenvalue weighted by molar-refractivity contribution is 6.01. The van der Waals surface area contributed by atoms with E-state index in [1.54, 1.807) is 11.6 Å². The Hall–Kier alpha value is -2.51. The Balaban J connectivity index is 2.80. The van der Waals surface area contributed by atoms with E-state index in [0.29, 0.717) is 29.5 Å². The average molecular weight is 289 g/mol. The summed E-state index contributed by atoms with van der Waals surface area (Å²) >= 11 is 0. The van der Waals surface area contributed by atoms with Gasteiger partial charge in [0.1, 0.15) is 11.6 Å². The lowest BCUT2D eigenvalue weighted by molar-refractivity contribution is 0.318. The number of nitrogens with zero attached hydrogens (tertiary/aromatic N) is 6. The first-order valence-electron chi connectivity index (χ1n) is 6.80. The van der Waals surface area contributed by atoms with Crippen LogP contribution in [0.25, 0.3) is 5.82 Å². The molecule has 0 aliphatic carbocycles. The Morgan fingerprint density at radius 1 is 1.24 bits per heavy atom. The van der Waals surface area contributed by atoms with Gasteiger partial charge in [-0.3, -0.25) is 0 Å². The van der Waals surface area contributed by atoms with Crippen LogP contribution in [-0.4, -0.2) is 36.0 Å². The lowest BCUT2D eigenvalue weighted by atomic mass is 10.0. The van der Waals surface area contributed by atoms with Gasteiger partial charge in [0.25, 0.3) is 0 Å². The predicted octanol–water partition coefficient (Wildman–Crippen LogP) is 0.893. The van der Waals surface area contributed by atoms with Gasteiger partial charge in [-0.05, 0) is 32.3 Å². The van der Waals surface area contributed by atoms with Crippen molar-refractivity contribution in [1.82, 2.24) is 25.0 Å². The molecule has 0 aliphatic heterocycles. The van der Waals surface area contributed by atoms with Crippen molar-refractivity contribution in [3.05, 3.63) is 28.5 Å². The molecule has 21 heavy (non-hydrogen) atoms. The van der Waals surface area contributed by atoms with E-state index in [0.717, 1.165) is 17.7 Å². The molecule has 2 heterocycles. The highest BCUT2D eigenvalue weighted by atomic mass is 16.4. The first kappa shape index (κ1) is 14.9. The van der Waals surface area contributed by atoms with Crippen LogP contribution in [0, 0.1) is 13.8 Å². The highest BCUT2D eigenvalue weighted by Crippen LogP contribution is 2.20. The van der Waals surface area contributed by atoms with E-state index in [4.69, 9.17) is 10.9 Å². The minimum Gasteiger partial charge on any atom is -0.409 e. The van der Waals surface area contributed by atoms with Crippen molar-refractivity contribution in [2.45, 2.75) is 40.5 Å². The third-order valence-corrected chi connectivity index (χ3v) is 3.27. The van der Waals surface area contributed by atoms with Gasteiger partial charge >= 0.3 is 0 Å². The molecule has 0 aromatic carbocycles. The SMILES string of the molecule is CCc1nnc(-n2nc(C)nc2C)c(C(N)=NO)c1CC. The summed E-state index contributed by atoms with van der Waals surface area (Å²) in [6, 6.07) is 0. The second-order valence-corrected chi connectivity index (χ2v) is 4.63. The Labute approximate surface area is 122 Å². The second-order valence-electron chi connectivity index (χ2n) is 4.63. The van der Waals surface area contributed by atoms with E-state index in [9.17, 15) is 0 Å². The Morgan fingerprint density at radius 2 is 1.95 bits per heavy atom. The maximum atomic E-state index is 9.09. The van der Waals surface area contributed by atoms with Crippen molar-refractivity contribution in [3.8, 4) is 5.82 Å². The summed E-state index contributed by atoms with van der Waals surface area (Å²) in [5, 5.41) is 25.0. The van der Waals surface area contributed by atoms with Crippen LogP contribution in [0.5, 0.6) is 0 Å². The van der Waals surface area contributed by atoms with Gasteiger partial charge in [0.15, 0.2) is 11.7 Å². The number of hydrogen-bond acceptors (Lipinski definition) is 6. The van der Waals surface area contributed by atoms with Crippen molar-refractivity contribution in [3.63, 3.8) is 0 Å². The molecule has 112 valence electrons. The van der Waals surface area contributed by atoms with Gasteiger partial charge in [0.05, 0.1) is 11.3 Å². The molecular weight excluding hydrogens is 270 g/mol. The topological polar surface area (TPSA) is 115 Å². The molecule has 8 nitrogen and oxygen atoms in total. The maximum Gasteiger partial charge on any atom is 0.189 e. The minimum absolute atomic E-state index is 0.000923. The monoisotopic (exact) mass is 289 g/mol. The van der Waals surface area contributed by atoms with Gasteiger partial charge < -0.3 is 10.9 Å². The summed E-state index contributed by atoms with van der Waals surface area (Å²) in [5.41, 5.74) is 8.15. The molecule has 0 fully saturated rings. The molecule has 0 saturated carbocycles. The third kappa shape index (κ3) is 2.56. The summed E-state index contributed by atoms with van der Waals surface area (Å²) < 4.78 is 1.56. The van der Waals surface area contributed by atoms with Gasteiger partial charge in [-0.15, -0.1) is 10.2 Å². The number of aryl methyl sites for hydroxylation is 3. The summed E-state index contributed by atoms with van der Waals surface area (Å²) in [4.78, 5) is 4.25. The van der Waals surface area contributed by atoms with Crippen LogP contribution in [0.4, 0.5) is 0 Å². The Morgan fingerprint density at radius 3 is 2.43 bits per heavy atom. The van der Waals surface area contributed by atoms with Gasteiger partial charge in [0.2, 0.25) is 0 Å². The van der Waals surface area contributed by atoms with E-state index in [2.05, 4.69) is 25.4 Å². The third-order valence-electron chi connectivity index (χ3n) is 3.27. The van der Waals surface area contributed by atoms with Crippen LogP contribution in [0.2, 0.25) is 0 Å². The average Bonchev–Trinajstić information content (AvgIpc) is 2.83. The molecule has 8 heteroatoms. The number of aromatic nitrogens is 5. The van der Waals surface area contributed by atoms with E-state index in [1.807, 2.05) is 20.8 Å². The van der Waals surface area contributed by atoms with Crippen LogP contribution >= 0.6 is 0 Å². The van der Waals surface area contributed by atoms with Crippen molar-refractivity contribution < 1.29 is 5.21 Å². The summed E-state index contributed by atoms with van der Waals surface area (Å²) in [6.45, 7) is 7.59. The lowest BCUT2D eigenvalue weighted by Crippen LogP contribution is -2.23. The standard InChI is InChI=1S/C13H19N7O/c1-5-9-10(6-2)16-17-13(11(9)12(14)19-21)20-8(4)15-7(3)18-20/h21H,5-6H2,1-4H3,(H2,14,19). The van der Waals surface area contributed by atoms with Crippen LogP contribution in [0.15, 0.2) is 5.16 Å². The quantitative estimate of drug-likeness (QED) is 0.374. The first-order chi connectivity index (χ1) is 10.0. The lowest BCUT2D eigenvalue weighted by Gasteiger charge is -2.14. The number of hydrogen-bond donors (Lipinski definition) is 2. The first-order valence-corrected chi connectivity index (χ1v) is 6.80. The van der Waals surface area contributed by atoms with E-state index in [-0.39, 0.29) is 5.84 Å². The zero-order valence-corrected chi connectivity index (χ0v) is 12.6. The smallest absolute Gasteiger partial charge is 0.189 e. The molecule has 2 aromatic rings. The van der Waals surface area contributed by atoms with Gasteiger partial charge in [0, 0.05) is 0 Å². The van der Waals surface area contributed by atoms with Crippen molar-refractivity contribution in [2.24, 2.45) is 10.9 Å². The molecule has 0 bridgehead atoms. The fourth-order valence-corrected chi connectivity index (χ4v) is 2.35. The van der Waals surface area contributed by atoms with Crippen molar-refractivity contribution in [1.29, 1.82) is 0 Å². The van der Waals surface area contributed by atoms with Crippen molar-refractivity contribution in [2.75, 3.05) is 0 Å². The van der Waals surface area contributed by atoms with E-state index >= 15 is 0 Å². The zero-order valence-electron chi connectivity index (χ0n) is 12.6. The van der Waals surface area contributed by atoms with Crippen LogP contribution in [-0.2, 0) is 12.8 Å². The fourth-order valence-electron chi connectivity index (χ4n) is 2.35. The molecule has 0 radical (unpaired) electrons. The molecule has 0 unspecified atom stereocenters.